The summed E-state index contributed by atoms with van der Waals surface area (Å²) in [6.45, 7) is 3.45. The maximum atomic E-state index is 12.8. The fraction of sp³-hybridized carbons (Fsp3) is 0.147. The Hall–Kier alpha value is -3.83. The number of esters is 2. The van der Waals surface area contributed by atoms with E-state index < -0.39 is 51.5 Å². The van der Waals surface area contributed by atoms with Gasteiger partial charge in [-0.05, 0) is 113 Å². The van der Waals surface area contributed by atoms with Gasteiger partial charge in [0.25, 0.3) is 0 Å². The molecule has 2 N–H and O–H groups in total. The normalized spacial score (nSPS) is 10.0. The van der Waals surface area contributed by atoms with Crippen LogP contribution in [-0.4, -0.2) is 59.2 Å². The van der Waals surface area contributed by atoms with E-state index in [-0.39, 0.29) is 33.7 Å². The Morgan fingerprint density at radius 1 is 0.681 bits per heavy atom. The number of ether oxygens (including phenoxy) is 2. The second-order valence-corrected chi connectivity index (χ2v) is 12.1. The van der Waals surface area contributed by atoms with E-state index >= 15 is 0 Å². The Balaban J connectivity index is 0.000000542. The number of halogens is 3. The molecule has 10 nitrogen and oxygen atoms in total. The summed E-state index contributed by atoms with van der Waals surface area (Å²) in [5.41, 5.74) is 4.03. The molecule has 0 aliphatic carbocycles. The SMILES string of the molecule is COC(=O)c1ccc(-c2cc(C(=O)O[I+]C)c(C)c(-c3ccc(C(=O)OC)cc3)c2C(=O)O)cc1.Cc1cc(I)ccc1C(=O)O.[Br-]. The number of carboxylic acid groups (broad SMARTS) is 2. The third-order valence-corrected chi connectivity index (χ3v) is 8.31. The van der Waals surface area contributed by atoms with Gasteiger partial charge < -0.3 is 36.7 Å². The molecule has 0 saturated carbocycles. The van der Waals surface area contributed by atoms with Gasteiger partial charge in [-0.2, -0.15) is 0 Å². The molecule has 4 aromatic carbocycles. The highest BCUT2D eigenvalue weighted by Gasteiger charge is 2.28. The highest BCUT2D eigenvalue weighted by atomic mass is 127. The van der Waals surface area contributed by atoms with Crippen molar-refractivity contribution in [1.82, 2.24) is 0 Å². The molecule has 0 radical (unpaired) electrons. The lowest BCUT2D eigenvalue weighted by atomic mass is 9.85. The smallest absolute Gasteiger partial charge is 0.532 e. The van der Waals surface area contributed by atoms with Gasteiger partial charge in [-0.3, -0.25) is 0 Å². The maximum absolute atomic E-state index is 12.8. The standard InChI is InChI=1S/C26H21IO8.C8H7IO2.BrH/c1-14-19(26(32)35-27-2)13-20(15-5-9-17(10-6-15)24(30)33-3)22(23(28)29)21(14)16-7-11-18(12-8-16)25(31)34-4;1-5-4-6(9)2-3-7(5)8(10)11;/h5-13H,1-4H3;2-4H,1H3,(H,10,11);1H. The average Bonchev–Trinajstić information content (AvgIpc) is 3.04. The Bertz CT molecular complexity index is 1800. The summed E-state index contributed by atoms with van der Waals surface area (Å²) in [7, 11) is 2.54. The molecule has 4 rings (SSSR count). The van der Waals surface area contributed by atoms with Gasteiger partial charge in [0, 0.05) is 9.13 Å². The third-order valence-electron chi connectivity index (χ3n) is 6.80. The lowest BCUT2D eigenvalue weighted by Crippen LogP contribution is -3.60. The molecule has 47 heavy (non-hydrogen) atoms. The van der Waals surface area contributed by atoms with Crippen LogP contribution in [0.25, 0.3) is 22.3 Å². The first-order valence-electron chi connectivity index (χ1n) is 13.3. The van der Waals surface area contributed by atoms with Gasteiger partial charge in [-0.1, -0.05) is 24.3 Å². The van der Waals surface area contributed by atoms with Crippen molar-refractivity contribution in [1.29, 1.82) is 0 Å². The molecule has 4 aromatic rings. The zero-order valence-corrected chi connectivity index (χ0v) is 31.6. The molecule has 0 spiro atoms. The zero-order chi connectivity index (χ0) is 34.1. The van der Waals surface area contributed by atoms with Crippen molar-refractivity contribution in [3.05, 3.63) is 115 Å². The lowest BCUT2D eigenvalue weighted by molar-refractivity contribution is -0.851. The lowest BCUT2D eigenvalue weighted by Gasteiger charge is -2.18. The largest absolute Gasteiger partial charge is 1.00 e. The van der Waals surface area contributed by atoms with E-state index in [1.807, 2.05) is 6.07 Å². The van der Waals surface area contributed by atoms with Crippen molar-refractivity contribution in [2.24, 2.45) is 0 Å². The summed E-state index contributed by atoms with van der Waals surface area (Å²) < 4.78 is 15.8. The fourth-order valence-electron chi connectivity index (χ4n) is 4.58. The minimum Gasteiger partial charge on any atom is -1.00 e. The molecule has 0 unspecified atom stereocenters. The fourth-order valence-corrected chi connectivity index (χ4v) is 5.86. The van der Waals surface area contributed by atoms with Crippen LogP contribution >= 0.6 is 22.6 Å². The van der Waals surface area contributed by atoms with Crippen molar-refractivity contribution < 1.29 is 85.3 Å². The van der Waals surface area contributed by atoms with Crippen LogP contribution in [-0.2, 0) is 12.5 Å². The molecule has 0 aliphatic heterocycles. The van der Waals surface area contributed by atoms with E-state index in [0.717, 1.165) is 9.13 Å². The number of hydrogen-bond acceptors (Lipinski definition) is 8. The van der Waals surface area contributed by atoms with Crippen molar-refractivity contribution in [2.45, 2.75) is 13.8 Å². The number of methoxy groups -OCH3 is 2. The predicted molar refractivity (Wildman–Crippen MR) is 174 cm³/mol. The second kappa shape index (κ2) is 17.9. The van der Waals surface area contributed by atoms with Gasteiger partial charge in [-0.25, -0.2) is 27.0 Å². The van der Waals surface area contributed by atoms with Gasteiger partial charge in [0.15, 0.2) is 4.93 Å². The van der Waals surface area contributed by atoms with Crippen LogP contribution in [0.1, 0.15) is 62.9 Å². The zero-order valence-electron chi connectivity index (χ0n) is 25.7. The molecule has 0 aliphatic rings. The summed E-state index contributed by atoms with van der Waals surface area (Å²) in [5, 5.41) is 18.9. The number of rotatable bonds is 8. The molecule has 0 bridgehead atoms. The highest BCUT2D eigenvalue weighted by Crippen LogP contribution is 2.38. The number of aromatic carboxylic acids is 2. The molecular weight excluding hydrogens is 902 g/mol. The van der Waals surface area contributed by atoms with E-state index in [0.29, 0.717) is 38.9 Å². The second-order valence-electron chi connectivity index (χ2n) is 9.57. The Kier molecular flexibility index (Phi) is 15.0. The molecule has 0 aromatic heterocycles. The number of aryl methyl sites for hydroxylation is 1. The average molecular weight is 931 g/mol. The molecule has 0 amide bonds. The van der Waals surface area contributed by atoms with Crippen LogP contribution in [0.4, 0.5) is 0 Å². The summed E-state index contributed by atoms with van der Waals surface area (Å²) >= 11 is 1.33. The number of carboxylic acids is 2. The van der Waals surface area contributed by atoms with Gasteiger partial charge >= 0.3 is 51.5 Å². The van der Waals surface area contributed by atoms with Gasteiger partial charge in [0.1, 0.15) is 0 Å². The minimum atomic E-state index is -1.20. The van der Waals surface area contributed by atoms with Crippen molar-refractivity contribution in [3.63, 3.8) is 0 Å². The van der Waals surface area contributed by atoms with E-state index in [1.165, 1.54) is 44.6 Å². The topological polar surface area (TPSA) is 154 Å². The van der Waals surface area contributed by atoms with E-state index in [2.05, 4.69) is 22.6 Å². The first kappa shape index (κ1) is 39.3. The number of alkyl halides is 1. The van der Waals surface area contributed by atoms with Crippen molar-refractivity contribution >= 4 is 52.4 Å². The summed E-state index contributed by atoms with van der Waals surface area (Å²) in [6, 6.07) is 19.3. The van der Waals surface area contributed by atoms with Crippen LogP contribution < -0.4 is 38.6 Å². The molecule has 0 saturated heterocycles. The first-order valence-corrected chi connectivity index (χ1v) is 17.4. The van der Waals surface area contributed by atoms with Gasteiger partial charge in [0.05, 0.1) is 42.0 Å². The number of carbonyl (C=O) groups excluding carboxylic acids is 3. The summed E-state index contributed by atoms with van der Waals surface area (Å²) in [6.07, 6.45) is 0. The van der Waals surface area contributed by atoms with Crippen molar-refractivity contribution in [2.75, 3.05) is 19.2 Å². The minimum absolute atomic E-state index is 0. The summed E-state index contributed by atoms with van der Waals surface area (Å²) in [4.78, 5) is 61.3. The number of carbonyl (C=O) groups is 5. The molecule has 0 atom stereocenters. The first-order chi connectivity index (χ1) is 21.8. The van der Waals surface area contributed by atoms with Crippen LogP contribution in [0.5, 0.6) is 0 Å². The monoisotopic (exact) mass is 930 g/mol. The number of hydrogen-bond donors (Lipinski definition) is 2. The third kappa shape index (κ3) is 9.60. The van der Waals surface area contributed by atoms with E-state index in [4.69, 9.17) is 17.6 Å². The molecule has 13 heteroatoms. The van der Waals surface area contributed by atoms with Crippen LogP contribution in [0.3, 0.4) is 0 Å². The van der Waals surface area contributed by atoms with Gasteiger partial charge in [0.2, 0.25) is 0 Å². The van der Waals surface area contributed by atoms with Crippen molar-refractivity contribution in [3.8, 4) is 22.3 Å². The molecule has 0 fully saturated rings. The van der Waals surface area contributed by atoms with E-state index in [9.17, 15) is 29.1 Å². The van der Waals surface area contributed by atoms with Crippen LogP contribution in [0.15, 0.2) is 72.8 Å². The molecular formula is C34H29BrI2O10. The predicted octanol–water partition coefficient (Wildman–Crippen LogP) is 0.693. The number of benzene rings is 4. The Morgan fingerprint density at radius 2 is 1.19 bits per heavy atom. The van der Waals surface area contributed by atoms with Gasteiger partial charge in [-0.15, -0.1) is 0 Å². The summed E-state index contributed by atoms with van der Waals surface area (Å²) in [5.74, 6) is -3.66. The van der Waals surface area contributed by atoms with Crippen LogP contribution in [0.2, 0.25) is 0 Å². The quantitative estimate of drug-likeness (QED) is 0.147. The highest BCUT2D eigenvalue weighted by molar-refractivity contribution is 14.1. The van der Waals surface area contributed by atoms with Crippen LogP contribution in [0, 0.1) is 17.4 Å². The molecule has 0 heterocycles. The molecule has 246 valence electrons. The Morgan fingerprint density at radius 3 is 1.62 bits per heavy atom. The van der Waals surface area contributed by atoms with E-state index in [1.54, 1.807) is 55.2 Å². The maximum Gasteiger partial charge on any atom is 0.532 e. The Labute approximate surface area is 306 Å².